The lowest BCUT2D eigenvalue weighted by atomic mass is 9.96. The SMILES string of the molecule is O=C(O)C1(Cc2cc(F)cc(F)c2)CC1. The van der Waals surface area contributed by atoms with Crippen LogP contribution in [0.25, 0.3) is 0 Å². The molecular weight excluding hydrogens is 202 g/mol. The van der Waals surface area contributed by atoms with Crippen molar-refractivity contribution in [2.45, 2.75) is 19.3 Å². The lowest BCUT2D eigenvalue weighted by Crippen LogP contribution is -2.17. The summed E-state index contributed by atoms with van der Waals surface area (Å²) in [6.45, 7) is 0. The molecular formula is C11H10F2O2. The van der Waals surface area contributed by atoms with Crippen LogP contribution in [0, 0.1) is 17.0 Å². The molecule has 1 saturated carbocycles. The standard InChI is InChI=1S/C11H10F2O2/c12-8-3-7(4-9(13)5-8)6-11(1-2-11)10(14)15/h3-5H,1-2,6H2,(H,14,15). The molecule has 80 valence electrons. The maximum Gasteiger partial charge on any atom is 0.309 e. The van der Waals surface area contributed by atoms with Gasteiger partial charge in [0.05, 0.1) is 5.41 Å². The first-order chi connectivity index (χ1) is 7.02. The summed E-state index contributed by atoms with van der Waals surface area (Å²) >= 11 is 0. The molecule has 0 radical (unpaired) electrons. The van der Waals surface area contributed by atoms with E-state index in [1.165, 1.54) is 12.1 Å². The van der Waals surface area contributed by atoms with Crippen molar-refractivity contribution in [1.29, 1.82) is 0 Å². The van der Waals surface area contributed by atoms with Gasteiger partial charge in [-0.1, -0.05) is 0 Å². The van der Waals surface area contributed by atoms with Gasteiger partial charge < -0.3 is 5.11 Å². The summed E-state index contributed by atoms with van der Waals surface area (Å²) in [6, 6.07) is 3.15. The van der Waals surface area contributed by atoms with E-state index < -0.39 is 23.0 Å². The second-order valence-corrected chi connectivity index (χ2v) is 4.04. The first-order valence-electron chi connectivity index (χ1n) is 4.70. The van der Waals surface area contributed by atoms with Crippen LogP contribution in [0.2, 0.25) is 0 Å². The molecule has 1 aromatic carbocycles. The molecule has 1 aromatic rings. The van der Waals surface area contributed by atoms with Gasteiger partial charge in [-0.2, -0.15) is 0 Å². The zero-order valence-corrected chi connectivity index (χ0v) is 7.96. The third kappa shape index (κ3) is 1.98. The number of hydrogen-bond donors (Lipinski definition) is 1. The van der Waals surface area contributed by atoms with E-state index in [9.17, 15) is 13.6 Å². The minimum Gasteiger partial charge on any atom is -0.481 e. The Morgan fingerprint density at radius 1 is 1.27 bits per heavy atom. The molecule has 2 rings (SSSR count). The highest BCUT2D eigenvalue weighted by molar-refractivity contribution is 5.78. The molecule has 15 heavy (non-hydrogen) atoms. The molecule has 2 nitrogen and oxygen atoms in total. The van der Waals surface area contributed by atoms with Crippen molar-refractivity contribution in [3.05, 3.63) is 35.4 Å². The summed E-state index contributed by atoms with van der Waals surface area (Å²) in [4.78, 5) is 10.9. The van der Waals surface area contributed by atoms with Crippen molar-refractivity contribution in [1.82, 2.24) is 0 Å². The van der Waals surface area contributed by atoms with Crippen LogP contribution in [0.15, 0.2) is 18.2 Å². The van der Waals surface area contributed by atoms with Gasteiger partial charge in [0, 0.05) is 6.07 Å². The summed E-state index contributed by atoms with van der Waals surface area (Å²) in [7, 11) is 0. The van der Waals surface area contributed by atoms with E-state index in [1.54, 1.807) is 0 Å². The molecule has 1 fully saturated rings. The number of rotatable bonds is 3. The normalized spacial score (nSPS) is 17.5. The molecule has 0 amide bonds. The Morgan fingerprint density at radius 2 is 1.80 bits per heavy atom. The van der Waals surface area contributed by atoms with Crippen molar-refractivity contribution in [2.75, 3.05) is 0 Å². The Balaban J connectivity index is 2.21. The van der Waals surface area contributed by atoms with Gasteiger partial charge in [-0.25, -0.2) is 8.78 Å². The second-order valence-electron chi connectivity index (χ2n) is 4.04. The van der Waals surface area contributed by atoms with Crippen molar-refractivity contribution < 1.29 is 18.7 Å². The number of hydrogen-bond acceptors (Lipinski definition) is 1. The van der Waals surface area contributed by atoms with Crippen molar-refractivity contribution in [2.24, 2.45) is 5.41 Å². The average Bonchev–Trinajstić information content (AvgIpc) is 2.83. The Kier molecular flexibility index (Phi) is 2.21. The van der Waals surface area contributed by atoms with E-state index >= 15 is 0 Å². The van der Waals surface area contributed by atoms with Crippen molar-refractivity contribution in [3.63, 3.8) is 0 Å². The molecule has 0 bridgehead atoms. The zero-order valence-electron chi connectivity index (χ0n) is 7.96. The summed E-state index contributed by atoms with van der Waals surface area (Å²) in [5, 5.41) is 8.92. The number of benzene rings is 1. The lowest BCUT2D eigenvalue weighted by Gasteiger charge is -2.09. The summed E-state index contributed by atoms with van der Waals surface area (Å²) in [6.07, 6.45) is 1.37. The Labute approximate surface area is 85.5 Å². The average molecular weight is 212 g/mol. The van der Waals surface area contributed by atoms with Crippen LogP contribution >= 0.6 is 0 Å². The molecule has 4 heteroatoms. The second kappa shape index (κ2) is 3.29. The van der Waals surface area contributed by atoms with Gasteiger partial charge in [-0.05, 0) is 37.0 Å². The fraction of sp³-hybridized carbons (Fsp3) is 0.364. The third-order valence-electron chi connectivity index (χ3n) is 2.77. The Hall–Kier alpha value is -1.45. The van der Waals surface area contributed by atoms with Gasteiger partial charge in [-0.15, -0.1) is 0 Å². The molecule has 1 N–H and O–H groups in total. The largest absolute Gasteiger partial charge is 0.481 e. The summed E-state index contributed by atoms with van der Waals surface area (Å²) in [5.74, 6) is -2.20. The Bertz CT molecular complexity index is 391. The van der Waals surface area contributed by atoms with Crippen molar-refractivity contribution in [3.8, 4) is 0 Å². The minimum atomic E-state index is -0.882. The first kappa shape index (κ1) is 10.1. The van der Waals surface area contributed by atoms with Crippen LogP contribution in [0.1, 0.15) is 18.4 Å². The van der Waals surface area contributed by atoms with E-state index in [0.29, 0.717) is 18.4 Å². The molecule has 0 aromatic heterocycles. The van der Waals surface area contributed by atoms with Crippen LogP contribution in [0.5, 0.6) is 0 Å². The van der Waals surface area contributed by atoms with Crippen LogP contribution in [0.3, 0.4) is 0 Å². The van der Waals surface area contributed by atoms with Gasteiger partial charge in [0.1, 0.15) is 11.6 Å². The van der Waals surface area contributed by atoms with Gasteiger partial charge in [0.15, 0.2) is 0 Å². The predicted molar refractivity (Wildman–Crippen MR) is 49.4 cm³/mol. The van der Waals surface area contributed by atoms with Crippen LogP contribution in [-0.4, -0.2) is 11.1 Å². The molecule has 0 atom stereocenters. The quantitative estimate of drug-likeness (QED) is 0.835. The fourth-order valence-electron chi connectivity index (χ4n) is 1.72. The van der Waals surface area contributed by atoms with E-state index in [0.717, 1.165) is 6.07 Å². The maximum absolute atomic E-state index is 12.8. The summed E-state index contributed by atoms with van der Waals surface area (Å²) < 4.78 is 25.7. The lowest BCUT2D eigenvalue weighted by molar-refractivity contribution is -0.143. The maximum atomic E-state index is 12.8. The van der Waals surface area contributed by atoms with Crippen LogP contribution in [-0.2, 0) is 11.2 Å². The van der Waals surface area contributed by atoms with Gasteiger partial charge in [0.25, 0.3) is 0 Å². The van der Waals surface area contributed by atoms with E-state index in [4.69, 9.17) is 5.11 Å². The highest BCUT2D eigenvalue weighted by atomic mass is 19.1. The molecule has 0 unspecified atom stereocenters. The van der Waals surface area contributed by atoms with E-state index in [-0.39, 0.29) is 6.42 Å². The zero-order chi connectivity index (χ0) is 11.1. The number of carbonyl (C=O) groups is 1. The highest BCUT2D eigenvalue weighted by Crippen LogP contribution is 2.48. The first-order valence-corrected chi connectivity index (χ1v) is 4.70. The topological polar surface area (TPSA) is 37.3 Å². The molecule has 0 spiro atoms. The van der Waals surface area contributed by atoms with E-state index in [1.807, 2.05) is 0 Å². The van der Waals surface area contributed by atoms with Crippen molar-refractivity contribution >= 4 is 5.97 Å². The molecule has 0 heterocycles. The molecule has 1 aliphatic rings. The summed E-state index contributed by atoms with van der Waals surface area (Å²) in [5.41, 5.74) is -0.368. The van der Waals surface area contributed by atoms with Gasteiger partial charge in [-0.3, -0.25) is 4.79 Å². The van der Waals surface area contributed by atoms with Gasteiger partial charge >= 0.3 is 5.97 Å². The van der Waals surface area contributed by atoms with Crippen LogP contribution < -0.4 is 0 Å². The number of aliphatic carboxylic acids is 1. The molecule has 1 aliphatic carbocycles. The van der Waals surface area contributed by atoms with Gasteiger partial charge in [0.2, 0.25) is 0 Å². The smallest absolute Gasteiger partial charge is 0.309 e. The fourth-order valence-corrected chi connectivity index (χ4v) is 1.72. The highest BCUT2D eigenvalue weighted by Gasteiger charge is 2.49. The number of halogens is 2. The predicted octanol–water partition coefficient (Wildman–Crippen LogP) is 2.37. The number of carboxylic acid groups (broad SMARTS) is 1. The Morgan fingerprint density at radius 3 is 2.20 bits per heavy atom. The molecule has 0 aliphatic heterocycles. The van der Waals surface area contributed by atoms with Crippen LogP contribution in [0.4, 0.5) is 8.78 Å². The minimum absolute atomic E-state index is 0.205. The van der Waals surface area contributed by atoms with E-state index in [2.05, 4.69) is 0 Å². The monoisotopic (exact) mass is 212 g/mol. The third-order valence-corrected chi connectivity index (χ3v) is 2.77. The number of carboxylic acids is 1. The molecule has 0 saturated heterocycles.